The standard InChI is InChI=1S/C14H23N3/c1-13(2)10-14(11-15,7-9-17(13)3)12-6-4-5-8-16-12/h4-6,8H,7,9-11,15H2,1-3H3. The SMILES string of the molecule is CN1CCC(CN)(c2ccccn2)CC1(C)C. The molecule has 0 radical (unpaired) electrons. The van der Waals surface area contributed by atoms with Crippen molar-refractivity contribution in [2.24, 2.45) is 5.73 Å². The quantitative estimate of drug-likeness (QED) is 0.846. The van der Waals surface area contributed by atoms with Gasteiger partial charge < -0.3 is 10.6 Å². The van der Waals surface area contributed by atoms with Crippen molar-refractivity contribution in [3.63, 3.8) is 0 Å². The zero-order valence-electron chi connectivity index (χ0n) is 11.1. The van der Waals surface area contributed by atoms with Crippen LogP contribution >= 0.6 is 0 Å². The Morgan fingerprint density at radius 1 is 1.41 bits per heavy atom. The minimum atomic E-state index is 0.0528. The molecular weight excluding hydrogens is 210 g/mol. The van der Waals surface area contributed by atoms with E-state index < -0.39 is 0 Å². The second-order valence-electron chi connectivity index (χ2n) is 5.86. The Morgan fingerprint density at radius 2 is 2.18 bits per heavy atom. The third kappa shape index (κ3) is 2.22. The van der Waals surface area contributed by atoms with Crippen molar-refractivity contribution in [3.8, 4) is 0 Å². The van der Waals surface area contributed by atoms with Crippen LogP contribution in [0.4, 0.5) is 0 Å². The maximum absolute atomic E-state index is 6.08. The zero-order chi connectivity index (χ0) is 12.5. The van der Waals surface area contributed by atoms with Gasteiger partial charge in [0.05, 0.1) is 0 Å². The first kappa shape index (κ1) is 12.5. The van der Waals surface area contributed by atoms with Gasteiger partial charge in [-0.3, -0.25) is 4.98 Å². The molecule has 0 spiro atoms. The summed E-state index contributed by atoms with van der Waals surface area (Å²) >= 11 is 0. The van der Waals surface area contributed by atoms with Crippen LogP contribution in [0.1, 0.15) is 32.4 Å². The number of aromatic nitrogens is 1. The number of nitrogens with two attached hydrogens (primary N) is 1. The van der Waals surface area contributed by atoms with Gasteiger partial charge in [0.25, 0.3) is 0 Å². The lowest BCUT2D eigenvalue weighted by Gasteiger charge is -2.49. The highest BCUT2D eigenvalue weighted by atomic mass is 15.2. The molecule has 3 heteroatoms. The molecule has 0 aliphatic carbocycles. The van der Waals surface area contributed by atoms with Crippen LogP contribution in [-0.2, 0) is 5.41 Å². The first-order valence-electron chi connectivity index (χ1n) is 6.33. The molecule has 94 valence electrons. The minimum absolute atomic E-state index is 0.0528. The smallest absolute Gasteiger partial charge is 0.0479 e. The molecule has 3 nitrogen and oxygen atoms in total. The van der Waals surface area contributed by atoms with Crippen LogP contribution in [0.25, 0.3) is 0 Å². The zero-order valence-corrected chi connectivity index (χ0v) is 11.1. The molecule has 1 saturated heterocycles. The Kier molecular flexibility index (Phi) is 3.23. The minimum Gasteiger partial charge on any atom is -0.330 e. The van der Waals surface area contributed by atoms with Gasteiger partial charge in [-0.1, -0.05) is 6.07 Å². The summed E-state index contributed by atoms with van der Waals surface area (Å²) in [6, 6.07) is 6.15. The van der Waals surface area contributed by atoms with Gasteiger partial charge in [0.1, 0.15) is 0 Å². The van der Waals surface area contributed by atoms with Crippen molar-refractivity contribution >= 4 is 0 Å². The Morgan fingerprint density at radius 3 is 2.71 bits per heavy atom. The maximum atomic E-state index is 6.08. The molecule has 17 heavy (non-hydrogen) atoms. The highest BCUT2D eigenvalue weighted by Crippen LogP contribution is 2.40. The summed E-state index contributed by atoms with van der Waals surface area (Å²) in [6.07, 6.45) is 4.04. The van der Waals surface area contributed by atoms with E-state index in [4.69, 9.17) is 5.73 Å². The van der Waals surface area contributed by atoms with Gasteiger partial charge in [-0.15, -0.1) is 0 Å². The van der Waals surface area contributed by atoms with Crippen molar-refractivity contribution in [3.05, 3.63) is 30.1 Å². The number of pyridine rings is 1. The fourth-order valence-corrected chi connectivity index (χ4v) is 2.91. The van der Waals surface area contributed by atoms with Gasteiger partial charge in [0.15, 0.2) is 0 Å². The van der Waals surface area contributed by atoms with E-state index in [1.807, 2.05) is 12.3 Å². The summed E-state index contributed by atoms with van der Waals surface area (Å²) < 4.78 is 0. The molecule has 2 heterocycles. The van der Waals surface area contributed by atoms with Crippen molar-refractivity contribution in [2.75, 3.05) is 20.1 Å². The molecule has 0 aromatic carbocycles. The fourth-order valence-electron chi connectivity index (χ4n) is 2.91. The van der Waals surface area contributed by atoms with Gasteiger partial charge in [-0.25, -0.2) is 0 Å². The number of piperidine rings is 1. The summed E-state index contributed by atoms with van der Waals surface area (Å²) in [4.78, 5) is 6.96. The average Bonchev–Trinajstić information content (AvgIpc) is 2.34. The Bertz CT molecular complexity index is 374. The molecule has 2 N–H and O–H groups in total. The van der Waals surface area contributed by atoms with Crippen LogP contribution in [-0.4, -0.2) is 35.6 Å². The van der Waals surface area contributed by atoms with Crippen LogP contribution in [0.2, 0.25) is 0 Å². The van der Waals surface area contributed by atoms with E-state index in [2.05, 4.69) is 42.9 Å². The Balaban J connectivity index is 2.34. The fraction of sp³-hybridized carbons (Fsp3) is 0.643. The summed E-state index contributed by atoms with van der Waals surface area (Å²) in [7, 11) is 2.19. The molecule has 1 aliphatic rings. The molecule has 0 bridgehead atoms. The normalized spacial score (nSPS) is 29.2. The van der Waals surface area contributed by atoms with E-state index in [1.54, 1.807) is 0 Å². The third-order valence-corrected chi connectivity index (χ3v) is 4.33. The van der Waals surface area contributed by atoms with Crippen molar-refractivity contribution < 1.29 is 0 Å². The maximum Gasteiger partial charge on any atom is 0.0479 e. The summed E-state index contributed by atoms with van der Waals surface area (Å²) in [5, 5.41) is 0. The van der Waals surface area contributed by atoms with Crippen LogP contribution in [0, 0.1) is 0 Å². The monoisotopic (exact) mass is 233 g/mol. The van der Waals surface area contributed by atoms with Crippen LogP contribution in [0.15, 0.2) is 24.4 Å². The molecule has 1 unspecified atom stereocenters. The van der Waals surface area contributed by atoms with E-state index in [0.29, 0.717) is 6.54 Å². The molecule has 1 aromatic rings. The van der Waals surface area contributed by atoms with Gasteiger partial charge in [-0.2, -0.15) is 0 Å². The topological polar surface area (TPSA) is 42.1 Å². The Hall–Kier alpha value is -0.930. The summed E-state index contributed by atoms with van der Waals surface area (Å²) in [6.45, 7) is 6.35. The number of hydrogen-bond donors (Lipinski definition) is 1. The van der Waals surface area contributed by atoms with E-state index >= 15 is 0 Å². The number of nitrogens with zero attached hydrogens (tertiary/aromatic N) is 2. The van der Waals surface area contributed by atoms with Crippen LogP contribution < -0.4 is 5.73 Å². The van der Waals surface area contributed by atoms with Crippen LogP contribution in [0.3, 0.4) is 0 Å². The van der Waals surface area contributed by atoms with Crippen molar-refractivity contribution in [2.45, 2.75) is 37.6 Å². The Labute approximate surface area is 104 Å². The molecule has 2 rings (SSSR count). The van der Waals surface area contributed by atoms with Crippen molar-refractivity contribution in [1.29, 1.82) is 0 Å². The molecular formula is C14H23N3. The van der Waals surface area contributed by atoms with Gasteiger partial charge in [-0.05, 0) is 52.4 Å². The number of rotatable bonds is 2. The lowest BCUT2D eigenvalue weighted by Crippen LogP contribution is -2.55. The largest absolute Gasteiger partial charge is 0.330 e. The first-order chi connectivity index (χ1) is 8.00. The van der Waals surface area contributed by atoms with Crippen LogP contribution in [0.5, 0.6) is 0 Å². The van der Waals surface area contributed by atoms with E-state index in [9.17, 15) is 0 Å². The second-order valence-corrected chi connectivity index (χ2v) is 5.86. The molecule has 0 saturated carbocycles. The van der Waals surface area contributed by atoms with Gasteiger partial charge in [0, 0.05) is 29.4 Å². The van der Waals surface area contributed by atoms with Crippen molar-refractivity contribution in [1.82, 2.24) is 9.88 Å². The number of likely N-dealkylation sites (tertiary alicyclic amines) is 1. The lowest BCUT2D eigenvalue weighted by molar-refractivity contribution is 0.0551. The molecule has 1 aliphatic heterocycles. The third-order valence-electron chi connectivity index (χ3n) is 4.33. The van der Waals surface area contributed by atoms with E-state index in [-0.39, 0.29) is 11.0 Å². The highest BCUT2D eigenvalue weighted by molar-refractivity contribution is 5.21. The first-order valence-corrected chi connectivity index (χ1v) is 6.33. The summed E-state index contributed by atoms with van der Waals surface area (Å²) in [5.74, 6) is 0. The molecule has 0 amide bonds. The number of hydrogen-bond acceptors (Lipinski definition) is 3. The summed E-state index contributed by atoms with van der Waals surface area (Å²) in [5.41, 5.74) is 7.48. The highest BCUT2D eigenvalue weighted by Gasteiger charge is 2.43. The molecule has 1 fully saturated rings. The van der Waals surface area contributed by atoms with E-state index in [0.717, 1.165) is 25.1 Å². The predicted octanol–water partition coefficient (Wildman–Crippen LogP) is 1.78. The van der Waals surface area contributed by atoms with Gasteiger partial charge >= 0.3 is 0 Å². The average molecular weight is 233 g/mol. The second kappa shape index (κ2) is 4.39. The molecule has 1 aromatic heterocycles. The predicted molar refractivity (Wildman–Crippen MR) is 70.9 cm³/mol. The molecule has 1 atom stereocenters. The lowest BCUT2D eigenvalue weighted by atomic mass is 9.68. The van der Waals surface area contributed by atoms with Gasteiger partial charge in [0.2, 0.25) is 0 Å². The van der Waals surface area contributed by atoms with E-state index in [1.165, 1.54) is 0 Å².